The predicted octanol–water partition coefficient (Wildman–Crippen LogP) is 1.75. The van der Waals surface area contributed by atoms with Gasteiger partial charge in [-0.25, -0.2) is 4.79 Å². The van der Waals surface area contributed by atoms with Crippen LogP contribution in [0.1, 0.15) is 15.9 Å². The smallest absolute Gasteiger partial charge is 0.341 e. The standard InChI is InChI=1S/C14H16O5/c1-4-8-19-12(15)9-10-6-5-7-11(13(10)17-2)14(16)18-3/h4-7H,1,8-9H2,2-3H3. The summed E-state index contributed by atoms with van der Waals surface area (Å²) in [6, 6.07) is 4.93. The zero-order valence-electron chi connectivity index (χ0n) is 11.0. The minimum Gasteiger partial charge on any atom is -0.496 e. The molecule has 0 aliphatic heterocycles. The van der Waals surface area contributed by atoms with Gasteiger partial charge in [0.2, 0.25) is 0 Å². The van der Waals surface area contributed by atoms with Crippen molar-refractivity contribution in [3.8, 4) is 5.75 Å². The monoisotopic (exact) mass is 264 g/mol. The molecule has 5 heteroatoms. The summed E-state index contributed by atoms with van der Waals surface area (Å²) >= 11 is 0. The Balaban J connectivity index is 2.97. The van der Waals surface area contributed by atoms with Crippen molar-refractivity contribution in [1.82, 2.24) is 0 Å². The first-order valence-corrected chi connectivity index (χ1v) is 5.64. The second kappa shape index (κ2) is 7.20. The Kier molecular flexibility index (Phi) is 5.60. The average molecular weight is 264 g/mol. The van der Waals surface area contributed by atoms with E-state index in [2.05, 4.69) is 11.3 Å². The van der Waals surface area contributed by atoms with E-state index >= 15 is 0 Å². The lowest BCUT2D eigenvalue weighted by atomic mass is 10.1. The molecule has 0 radical (unpaired) electrons. The van der Waals surface area contributed by atoms with Gasteiger partial charge in [0.15, 0.2) is 0 Å². The second-order valence-electron chi connectivity index (χ2n) is 3.64. The molecule has 0 saturated heterocycles. The van der Waals surface area contributed by atoms with Crippen molar-refractivity contribution >= 4 is 11.9 Å². The third kappa shape index (κ3) is 3.84. The molecule has 1 aromatic carbocycles. The van der Waals surface area contributed by atoms with Crippen molar-refractivity contribution in [2.45, 2.75) is 6.42 Å². The van der Waals surface area contributed by atoms with Gasteiger partial charge in [0.1, 0.15) is 17.9 Å². The number of methoxy groups -OCH3 is 2. The van der Waals surface area contributed by atoms with Crippen molar-refractivity contribution in [2.24, 2.45) is 0 Å². The fraction of sp³-hybridized carbons (Fsp3) is 0.286. The van der Waals surface area contributed by atoms with Gasteiger partial charge in [-0.2, -0.15) is 0 Å². The summed E-state index contributed by atoms with van der Waals surface area (Å²) in [5, 5.41) is 0. The van der Waals surface area contributed by atoms with Gasteiger partial charge in [-0.1, -0.05) is 24.8 Å². The number of carbonyl (C=O) groups excluding carboxylic acids is 2. The van der Waals surface area contributed by atoms with E-state index in [4.69, 9.17) is 9.47 Å². The fourth-order valence-corrected chi connectivity index (χ4v) is 1.59. The number of carbonyl (C=O) groups is 2. The van der Waals surface area contributed by atoms with Crippen LogP contribution in [0.3, 0.4) is 0 Å². The first-order valence-electron chi connectivity index (χ1n) is 5.64. The average Bonchev–Trinajstić information content (AvgIpc) is 2.43. The van der Waals surface area contributed by atoms with Crippen LogP contribution in [-0.2, 0) is 20.7 Å². The van der Waals surface area contributed by atoms with Gasteiger partial charge < -0.3 is 14.2 Å². The van der Waals surface area contributed by atoms with Crippen LogP contribution in [0.4, 0.5) is 0 Å². The molecule has 1 aromatic rings. The molecule has 0 amide bonds. The molecule has 0 aliphatic rings. The van der Waals surface area contributed by atoms with Crippen molar-refractivity contribution in [3.63, 3.8) is 0 Å². The molecule has 0 N–H and O–H groups in total. The molecule has 0 aromatic heterocycles. The summed E-state index contributed by atoms with van der Waals surface area (Å²) < 4.78 is 14.7. The van der Waals surface area contributed by atoms with Crippen molar-refractivity contribution < 1.29 is 23.8 Å². The summed E-state index contributed by atoms with van der Waals surface area (Å²) in [6.45, 7) is 3.61. The summed E-state index contributed by atoms with van der Waals surface area (Å²) in [4.78, 5) is 23.1. The molecular weight excluding hydrogens is 248 g/mol. The lowest BCUT2D eigenvalue weighted by molar-refractivity contribution is -0.141. The number of ether oxygens (including phenoxy) is 3. The van der Waals surface area contributed by atoms with Crippen LogP contribution >= 0.6 is 0 Å². The van der Waals surface area contributed by atoms with Crippen LogP contribution in [0.25, 0.3) is 0 Å². The van der Waals surface area contributed by atoms with Gasteiger partial charge >= 0.3 is 11.9 Å². The number of hydrogen-bond acceptors (Lipinski definition) is 5. The van der Waals surface area contributed by atoms with Crippen LogP contribution in [0.5, 0.6) is 5.75 Å². The van der Waals surface area contributed by atoms with Crippen molar-refractivity contribution in [3.05, 3.63) is 42.0 Å². The van der Waals surface area contributed by atoms with Gasteiger partial charge in [0, 0.05) is 5.56 Å². The molecule has 0 aliphatic carbocycles. The van der Waals surface area contributed by atoms with Gasteiger partial charge in [0.25, 0.3) is 0 Å². The highest BCUT2D eigenvalue weighted by molar-refractivity contribution is 5.93. The van der Waals surface area contributed by atoms with E-state index in [1.807, 2.05) is 0 Å². The van der Waals surface area contributed by atoms with Gasteiger partial charge in [0.05, 0.1) is 20.6 Å². The summed E-state index contributed by atoms with van der Waals surface area (Å²) in [5.41, 5.74) is 0.846. The van der Waals surface area contributed by atoms with Crippen molar-refractivity contribution in [1.29, 1.82) is 0 Å². The number of para-hydroxylation sites is 1. The number of rotatable bonds is 6. The molecule has 0 heterocycles. The largest absolute Gasteiger partial charge is 0.496 e. The Morgan fingerprint density at radius 2 is 2.05 bits per heavy atom. The minimum atomic E-state index is -0.516. The lowest BCUT2D eigenvalue weighted by Gasteiger charge is -2.11. The van der Waals surface area contributed by atoms with E-state index in [0.717, 1.165) is 0 Å². The molecule has 0 saturated carbocycles. The molecule has 1 rings (SSSR count). The Labute approximate surface area is 111 Å². The van der Waals surface area contributed by atoms with Crippen LogP contribution < -0.4 is 4.74 Å². The SMILES string of the molecule is C=CCOC(=O)Cc1cccc(C(=O)OC)c1OC. The topological polar surface area (TPSA) is 61.8 Å². The molecule has 5 nitrogen and oxygen atoms in total. The molecule has 0 atom stereocenters. The molecule has 102 valence electrons. The van der Waals surface area contributed by atoms with Gasteiger partial charge in [-0.3, -0.25) is 4.79 Å². The van der Waals surface area contributed by atoms with E-state index in [1.54, 1.807) is 18.2 Å². The molecule has 0 unspecified atom stereocenters. The number of hydrogen-bond donors (Lipinski definition) is 0. The molecule has 0 bridgehead atoms. The van der Waals surface area contributed by atoms with E-state index < -0.39 is 11.9 Å². The second-order valence-corrected chi connectivity index (χ2v) is 3.64. The van der Waals surface area contributed by atoms with Gasteiger partial charge in [-0.15, -0.1) is 0 Å². The van der Waals surface area contributed by atoms with Crippen LogP contribution in [0.15, 0.2) is 30.9 Å². The zero-order chi connectivity index (χ0) is 14.3. The predicted molar refractivity (Wildman–Crippen MR) is 69.2 cm³/mol. The first kappa shape index (κ1) is 14.8. The number of benzene rings is 1. The summed E-state index contributed by atoms with van der Waals surface area (Å²) in [7, 11) is 2.72. The summed E-state index contributed by atoms with van der Waals surface area (Å²) in [6.07, 6.45) is 1.50. The molecule has 0 fully saturated rings. The maximum Gasteiger partial charge on any atom is 0.341 e. The van der Waals surface area contributed by atoms with Crippen LogP contribution in [-0.4, -0.2) is 32.8 Å². The normalized spacial score (nSPS) is 9.58. The maximum absolute atomic E-state index is 11.6. The van der Waals surface area contributed by atoms with Gasteiger partial charge in [-0.05, 0) is 6.07 Å². The lowest BCUT2D eigenvalue weighted by Crippen LogP contribution is -2.11. The third-order valence-electron chi connectivity index (χ3n) is 2.40. The Morgan fingerprint density at radius 1 is 1.32 bits per heavy atom. The maximum atomic E-state index is 11.6. The van der Waals surface area contributed by atoms with E-state index in [1.165, 1.54) is 20.3 Å². The third-order valence-corrected chi connectivity index (χ3v) is 2.40. The number of esters is 2. The fourth-order valence-electron chi connectivity index (χ4n) is 1.59. The van der Waals surface area contributed by atoms with E-state index in [0.29, 0.717) is 11.3 Å². The first-order chi connectivity index (χ1) is 9.13. The highest BCUT2D eigenvalue weighted by Crippen LogP contribution is 2.25. The summed E-state index contributed by atoms with van der Waals surface area (Å²) in [5.74, 6) is -0.608. The van der Waals surface area contributed by atoms with E-state index in [9.17, 15) is 9.59 Å². The van der Waals surface area contributed by atoms with Crippen molar-refractivity contribution in [2.75, 3.05) is 20.8 Å². The Morgan fingerprint density at radius 3 is 2.63 bits per heavy atom. The molecular formula is C14H16O5. The Bertz CT molecular complexity index is 479. The highest BCUT2D eigenvalue weighted by Gasteiger charge is 2.18. The molecule has 19 heavy (non-hydrogen) atoms. The van der Waals surface area contributed by atoms with Crippen LogP contribution in [0, 0.1) is 0 Å². The quantitative estimate of drug-likeness (QED) is 0.578. The highest BCUT2D eigenvalue weighted by atomic mass is 16.5. The zero-order valence-corrected chi connectivity index (χ0v) is 11.0. The Hall–Kier alpha value is -2.30. The van der Waals surface area contributed by atoms with E-state index in [-0.39, 0.29) is 18.6 Å². The van der Waals surface area contributed by atoms with Crippen LogP contribution in [0.2, 0.25) is 0 Å². The minimum absolute atomic E-state index is 0.0157. The molecule has 0 spiro atoms.